The summed E-state index contributed by atoms with van der Waals surface area (Å²) >= 11 is 7.05. The van der Waals surface area contributed by atoms with Gasteiger partial charge < -0.3 is 4.90 Å². The SMILES string of the molecule is BrCCCCCCCCCCCCN(CCCCCCCCCCCCBr)c1ccccc1. The zero-order valence-corrected chi connectivity index (χ0v) is 24.7. The highest BCUT2D eigenvalue weighted by molar-refractivity contribution is 9.09. The number of hydrogen-bond donors (Lipinski definition) is 0. The van der Waals surface area contributed by atoms with Crippen LogP contribution in [0.15, 0.2) is 30.3 Å². The Morgan fingerprint density at radius 2 is 0.697 bits per heavy atom. The van der Waals surface area contributed by atoms with Gasteiger partial charge in [-0.2, -0.15) is 0 Å². The van der Waals surface area contributed by atoms with E-state index >= 15 is 0 Å². The topological polar surface area (TPSA) is 3.24 Å². The standard InChI is InChI=1S/C30H53Br2N/c31-26-20-13-9-5-1-3-7-11-15-22-28-33(30-24-18-17-19-25-30)29-23-16-12-8-4-2-6-10-14-21-27-32/h17-19,24-25H,1-16,20-23,26-29H2. The highest BCUT2D eigenvalue weighted by atomic mass is 79.9. The lowest BCUT2D eigenvalue weighted by Gasteiger charge is -2.25. The molecule has 1 aromatic rings. The Labute approximate surface area is 224 Å². The van der Waals surface area contributed by atoms with Crippen LogP contribution in [-0.4, -0.2) is 23.7 Å². The van der Waals surface area contributed by atoms with Gasteiger partial charge in [-0.25, -0.2) is 0 Å². The summed E-state index contributed by atoms with van der Waals surface area (Å²) in [5.41, 5.74) is 1.42. The summed E-state index contributed by atoms with van der Waals surface area (Å²) in [5, 5.41) is 2.34. The van der Waals surface area contributed by atoms with Crippen LogP contribution >= 0.6 is 31.9 Å². The first-order valence-electron chi connectivity index (χ1n) is 14.3. The third kappa shape index (κ3) is 19.9. The van der Waals surface area contributed by atoms with Gasteiger partial charge in [0.2, 0.25) is 0 Å². The zero-order chi connectivity index (χ0) is 23.7. The summed E-state index contributed by atoms with van der Waals surface area (Å²) in [6, 6.07) is 11.1. The Hall–Kier alpha value is -0.0200. The summed E-state index contributed by atoms with van der Waals surface area (Å²) in [7, 11) is 0. The van der Waals surface area contributed by atoms with Crippen molar-refractivity contribution in [2.75, 3.05) is 28.6 Å². The molecule has 0 fully saturated rings. The van der Waals surface area contributed by atoms with Gasteiger partial charge in [0.25, 0.3) is 0 Å². The van der Waals surface area contributed by atoms with E-state index < -0.39 is 0 Å². The van der Waals surface area contributed by atoms with E-state index in [1.54, 1.807) is 0 Å². The second-order valence-electron chi connectivity index (χ2n) is 9.77. The average Bonchev–Trinajstić information content (AvgIpc) is 2.85. The van der Waals surface area contributed by atoms with E-state index in [1.807, 2.05) is 0 Å². The average molecular weight is 588 g/mol. The molecule has 0 radical (unpaired) electrons. The molecule has 1 aromatic carbocycles. The number of hydrogen-bond acceptors (Lipinski definition) is 1. The van der Waals surface area contributed by atoms with Gasteiger partial charge in [-0.1, -0.05) is 153 Å². The fourth-order valence-corrected chi connectivity index (χ4v) is 5.42. The van der Waals surface area contributed by atoms with Gasteiger partial charge in [0, 0.05) is 29.4 Å². The van der Waals surface area contributed by atoms with Crippen molar-refractivity contribution in [3.05, 3.63) is 30.3 Å². The van der Waals surface area contributed by atoms with Crippen molar-refractivity contribution in [1.29, 1.82) is 0 Å². The van der Waals surface area contributed by atoms with E-state index in [9.17, 15) is 0 Å². The number of benzene rings is 1. The lowest BCUT2D eigenvalue weighted by Crippen LogP contribution is -2.25. The normalized spacial score (nSPS) is 11.2. The van der Waals surface area contributed by atoms with Crippen molar-refractivity contribution in [1.82, 2.24) is 0 Å². The van der Waals surface area contributed by atoms with Crippen LogP contribution < -0.4 is 4.90 Å². The fraction of sp³-hybridized carbons (Fsp3) is 0.800. The van der Waals surface area contributed by atoms with Crippen LogP contribution in [0, 0.1) is 0 Å². The molecule has 0 saturated carbocycles. The lowest BCUT2D eigenvalue weighted by molar-refractivity contribution is 0.543. The molecule has 33 heavy (non-hydrogen) atoms. The molecular weight excluding hydrogens is 534 g/mol. The Bertz CT molecular complexity index is 467. The number of alkyl halides is 2. The van der Waals surface area contributed by atoms with Gasteiger partial charge in [0.15, 0.2) is 0 Å². The van der Waals surface area contributed by atoms with Crippen LogP contribution in [0.3, 0.4) is 0 Å². The lowest BCUT2D eigenvalue weighted by atomic mass is 10.1. The van der Waals surface area contributed by atoms with Gasteiger partial charge in [0.05, 0.1) is 0 Å². The van der Waals surface area contributed by atoms with Crippen molar-refractivity contribution < 1.29 is 0 Å². The predicted octanol–water partition coefficient (Wildman–Crippen LogP) is 11.1. The molecule has 1 rings (SSSR count). The fourth-order valence-electron chi connectivity index (χ4n) is 4.63. The molecule has 192 valence electrons. The molecule has 0 bridgehead atoms. The number of unbranched alkanes of at least 4 members (excludes halogenated alkanes) is 18. The molecule has 0 N–H and O–H groups in total. The van der Waals surface area contributed by atoms with Gasteiger partial charge in [0.1, 0.15) is 0 Å². The first kappa shape index (κ1) is 31.0. The summed E-state index contributed by atoms with van der Waals surface area (Å²) in [5.74, 6) is 0. The van der Waals surface area contributed by atoms with Gasteiger partial charge in [-0.15, -0.1) is 0 Å². The summed E-state index contributed by atoms with van der Waals surface area (Å²) in [4.78, 5) is 2.65. The Balaban J connectivity index is 2.07. The Kier molecular flexibility index (Phi) is 23.6. The number of rotatable bonds is 25. The second-order valence-corrected chi connectivity index (χ2v) is 11.4. The molecule has 0 atom stereocenters. The zero-order valence-electron chi connectivity index (χ0n) is 21.6. The Morgan fingerprint density at radius 1 is 0.394 bits per heavy atom. The molecule has 0 unspecified atom stereocenters. The molecule has 0 saturated heterocycles. The second kappa shape index (κ2) is 25.1. The molecule has 0 spiro atoms. The highest BCUT2D eigenvalue weighted by Gasteiger charge is 2.06. The van der Waals surface area contributed by atoms with E-state index in [2.05, 4.69) is 67.1 Å². The van der Waals surface area contributed by atoms with Crippen LogP contribution in [0.1, 0.15) is 128 Å². The monoisotopic (exact) mass is 585 g/mol. The highest BCUT2D eigenvalue weighted by Crippen LogP contribution is 2.18. The molecule has 0 amide bonds. The smallest absolute Gasteiger partial charge is 0.0366 e. The predicted molar refractivity (Wildman–Crippen MR) is 159 cm³/mol. The summed E-state index contributed by atoms with van der Waals surface area (Å²) in [6.45, 7) is 2.45. The van der Waals surface area contributed by atoms with Crippen LogP contribution in [0.25, 0.3) is 0 Å². The minimum Gasteiger partial charge on any atom is -0.372 e. The Morgan fingerprint density at radius 3 is 1.03 bits per heavy atom. The third-order valence-corrected chi connectivity index (χ3v) is 7.87. The molecule has 0 aliphatic rings. The van der Waals surface area contributed by atoms with E-state index in [0.717, 1.165) is 0 Å². The first-order chi connectivity index (χ1) is 16.4. The largest absolute Gasteiger partial charge is 0.372 e. The van der Waals surface area contributed by atoms with Crippen molar-refractivity contribution in [3.8, 4) is 0 Å². The van der Waals surface area contributed by atoms with Gasteiger partial charge in [-0.05, 0) is 37.8 Å². The van der Waals surface area contributed by atoms with Gasteiger partial charge >= 0.3 is 0 Å². The van der Waals surface area contributed by atoms with E-state index in [4.69, 9.17) is 0 Å². The number of nitrogens with zero attached hydrogens (tertiary/aromatic N) is 1. The molecule has 0 aromatic heterocycles. The van der Waals surface area contributed by atoms with Crippen molar-refractivity contribution in [2.45, 2.75) is 128 Å². The molecule has 3 heteroatoms. The quantitative estimate of drug-likeness (QED) is 0.0813. The molecule has 0 heterocycles. The molecular formula is C30H53Br2N. The maximum absolute atomic E-state index is 3.52. The van der Waals surface area contributed by atoms with Crippen LogP contribution in [-0.2, 0) is 0 Å². The van der Waals surface area contributed by atoms with E-state index in [-0.39, 0.29) is 0 Å². The minimum absolute atomic E-state index is 1.17. The molecule has 0 aliphatic carbocycles. The van der Waals surface area contributed by atoms with E-state index in [0.29, 0.717) is 0 Å². The maximum Gasteiger partial charge on any atom is 0.0366 e. The van der Waals surface area contributed by atoms with Crippen molar-refractivity contribution in [2.24, 2.45) is 0 Å². The number of halogens is 2. The minimum atomic E-state index is 1.17. The van der Waals surface area contributed by atoms with Crippen molar-refractivity contribution in [3.63, 3.8) is 0 Å². The number of anilines is 1. The van der Waals surface area contributed by atoms with Gasteiger partial charge in [-0.3, -0.25) is 0 Å². The summed E-state index contributed by atoms with van der Waals surface area (Å²) in [6.07, 6.45) is 28.1. The molecule has 0 aliphatic heterocycles. The number of para-hydroxylation sites is 1. The summed E-state index contributed by atoms with van der Waals surface area (Å²) < 4.78 is 0. The maximum atomic E-state index is 3.52. The van der Waals surface area contributed by atoms with E-state index in [1.165, 1.54) is 158 Å². The van der Waals surface area contributed by atoms with Crippen LogP contribution in [0.5, 0.6) is 0 Å². The third-order valence-electron chi connectivity index (χ3n) is 6.74. The molecule has 1 nitrogen and oxygen atoms in total. The van der Waals surface area contributed by atoms with Crippen molar-refractivity contribution >= 4 is 37.5 Å². The first-order valence-corrected chi connectivity index (χ1v) is 16.5. The van der Waals surface area contributed by atoms with Crippen LogP contribution in [0.4, 0.5) is 5.69 Å². The van der Waals surface area contributed by atoms with Crippen LogP contribution in [0.2, 0.25) is 0 Å².